The van der Waals surface area contributed by atoms with Crippen molar-refractivity contribution in [3.05, 3.63) is 11.8 Å². The maximum absolute atomic E-state index is 5.40. The van der Waals surface area contributed by atoms with Gasteiger partial charge in [-0.05, 0) is 24.7 Å². The largest absolute Gasteiger partial charge is 0.203 e. The van der Waals surface area contributed by atoms with Crippen molar-refractivity contribution in [2.75, 3.05) is 5.88 Å². The van der Waals surface area contributed by atoms with Crippen molar-refractivity contribution in [3.8, 4) is 0 Å². The average molecular weight is 148 g/mol. The number of hydrogen-bond acceptors (Lipinski definition) is 2. The molecule has 0 bridgehead atoms. The molecule has 0 saturated carbocycles. The van der Waals surface area contributed by atoms with Gasteiger partial charge in [-0.1, -0.05) is 0 Å². The maximum Gasteiger partial charge on any atom is 0.0634 e. The van der Waals surface area contributed by atoms with Gasteiger partial charge in [0.25, 0.3) is 0 Å². The lowest BCUT2D eigenvalue weighted by atomic mass is 10.4. The molecule has 0 aromatic heterocycles. The highest BCUT2D eigenvalue weighted by molar-refractivity contribution is 7.78. The summed E-state index contributed by atoms with van der Waals surface area (Å²) >= 11 is 9.71. The van der Waals surface area contributed by atoms with E-state index in [1.807, 2.05) is 6.92 Å². The third kappa shape index (κ3) is 4.00. The molecule has 8 heavy (non-hydrogen) atoms. The molecule has 0 N–H and O–H groups in total. The van der Waals surface area contributed by atoms with Crippen molar-refractivity contribution in [1.82, 2.24) is 0 Å². The van der Waals surface area contributed by atoms with Crippen LogP contribution < -0.4 is 0 Å². The molecule has 0 aromatic carbocycles. The smallest absolute Gasteiger partial charge is 0.0634 e. The standard InChI is InChI=1S/C5H6ClNS/c1-5(2-6)3-7-4-8/h3H,2H2,1H3/b5-3+. The Labute approximate surface area is 59.1 Å². The second kappa shape index (κ2) is 4.98. The number of isothiocyanates is 1. The van der Waals surface area contributed by atoms with Crippen LogP contribution in [-0.2, 0) is 0 Å². The van der Waals surface area contributed by atoms with Crippen molar-refractivity contribution < 1.29 is 0 Å². The average Bonchev–Trinajstić information content (AvgIpc) is 1.83. The second-order valence-corrected chi connectivity index (χ2v) is 1.78. The first-order chi connectivity index (χ1) is 3.81. The fraction of sp³-hybridized carbons (Fsp3) is 0.400. The Morgan fingerprint density at radius 3 is 3.00 bits per heavy atom. The Kier molecular flexibility index (Phi) is 4.87. The minimum absolute atomic E-state index is 0.501. The van der Waals surface area contributed by atoms with Crippen molar-refractivity contribution >= 4 is 29.0 Å². The zero-order valence-electron chi connectivity index (χ0n) is 4.52. The topological polar surface area (TPSA) is 12.4 Å². The molecule has 0 aliphatic carbocycles. The van der Waals surface area contributed by atoms with Gasteiger partial charge in [-0.2, -0.15) is 0 Å². The van der Waals surface area contributed by atoms with E-state index in [4.69, 9.17) is 11.6 Å². The van der Waals surface area contributed by atoms with Crippen LogP contribution in [-0.4, -0.2) is 11.0 Å². The van der Waals surface area contributed by atoms with Gasteiger partial charge in [-0.25, -0.2) is 4.99 Å². The summed E-state index contributed by atoms with van der Waals surface area (Å²) in [6.45, 7) is 1.88. The molecule has 0 aliphatic rings. The Bertz CT molecular complexity index is 135. The molecule has 0 spiro atoms. The third-order valence-electron chi connectivity index (χ3n) is 0.548. The van der Waals surface area contributed by atoms with Crippen molar-refractivity contribution in [2.24, 2.45) is 4.99 Å². The van der Waals surface area contributed by atoms with Gasteiger partial charge in [0.15, 0.2) is 0 Å². The lowest BCUT2D eigenvalue weighted by Crippen LogP contribution is -1.71. The number of aliphatic imine (C=N–C) groups is 1. The van der Waals surface area contributed by atoms with E-state index in [1.165, 1.54) is 0 Å². The molecule has 0 radical (unpaired) electrons. The number of thiocarbonyl (C=S) groups is 1. The zero-order chi connectivity index (χ0) is 6.41. The zero-order valence-corrected chi connectivity index (χ0v) is 6.09. The van der Waals surface area contributed by atoms with E-state index in [-0.39, 0.29) is 0 Å². The lowest BCUT2D eigenvalue weighted by Gasteiger charge is -1.83. The minimum Gasteiger partial charge on any atom is -0.203 e. The van der Waals surface area contributed by atoms with Crippen LogP contribution in [0, 0.1) is 0 Å². The van der Waals surface area contributed by atoms with Gasteiger partial charge in [-0.15, -0.1) is 11.6 Å². The third-order valence-corrected chi connectivity index (χ3v) is 1.08. The number of halogens is 1. The van der Waals surface area contributed by atoms with E-state index >= 15 is 0 Å². The summed E-state index contributed by atoms with van der Waals surface area (Å²) in [7, 11) is 0. The summed E-state index contributed by atoms with van der Waals surface area (Å²) in [4.78, 5) is 3.56. The molecule has 0 atom stereocenters. The van der Waals surface area contributed by atoms with Gasteiger partial charge >= 0.3 is 0 Å². The van der Waals surface area contributed by atoms with E-state index in [0.717, 1.165) is 5.57 Å². The van der Waals surface area contributed by atoms with Crippen molar-refractivity contribution in [3.63, 3.8) is 0 Å². The fourth-order valence-corrected chi connectivity index (χ4v) is 0.293. The number of rotatable bonds is 2. The van der Waals surface area contributed by atoms with Gasteiger partial charge in [0, 0.05) is 12.1 Å². The summed E-state index contributed by atoms with van der Waals surface area (Å²) in [6.07, 6.45) is 1.60. The minimum atomic E-state index is 0.501. The van der Waals surface area contributed by atoms with Crippen LogP contribution in [0.3, 0.4) is 0 Å². The highest BCUT2D eigenvalue weighted by Gasteiger charge is 1.78. The Balaban J connectivity index is 3.74. The van der Waals surface area contributed by atoms with E-state index in [0.29, 0.717) is 5.88 Å². The van der Waals surface area contributed by atoms with Crippen LogP contribution in [0.5, 0.6) is 0 Å². The van der Waals surface area contributed by atoms with Gasteiger partial charge < -0.3 is 0 Å². The van der Waals surface area contributed by atoms with Crippen LogP contribution in [0.1, 0.15) is 6.92 Å². The molecule has 0 unspecified atom stereocenters. The summed E-state index contributed by atoms with van der Waals surface area (Å²) < 4.78 is 0. The molecule has 0 aliphatic heterocycles. The predicted octanol–water partition coefficient (Wildman–Crippen LogP) is 2.23. The van der Waals surface area contributed by atoms with Gasteiger partial charge in [0.1, 0.15) is 0 Å². The van der Waals surface area contributed by atoms with Gasteiger partial charge in [0.05, 0.1) is 5.16 Å². The van der Waals surface area contributed by atoms with Crippen molar-refractivity contribution in [2.45, 2.75) is 6.92 Å². The first kappa shape index (κ1) is 7.83. The number of nitrogens with zero attached hydrogens (tertiary/aromatic N) is 1. The maximum atomic E-state index is 5.40. The lowest BCUT2D eigenvalue weighted by molar-refractivity contribution is 1.35. The molecule has 0 aromatic rings. The van der Waals surface area contributed by atoms with Gasteiger partial charge in [0.2, 0.25) is 0 Å². The quantitative estimate of drug-likeness (QED) is 0.332. The molecular weight excluding hydrogens is 142 g/mol. The molecular formula is C5H6ClNS. The van der Waals surface area contributed by atoms with E-state index in [2.05, 4.69) is 22.4 Å². The van der Waals surface area contributed by atoms with Crippen LogP contribution in [0.4, 0.5) is 0 Å². The van der Waals surface area contributed by atoms with Crippen LogP contribution in [0.25, 0.3) is 0 Å². The second-order valence-electron chi connectivity index (χ2n) is 1.33. The first-order valence-electron chi connectivity index (χ1n) is 2.10. The highest BCUT2D eigenvalue weighted by atomic mass is 35.5. The predicted molar refractivity (Wildman–Crippen MR) is 39.5 cm³/mol. The normalized spacial score (nSPS) is 10.5. The molecule has 0 fully saturated rings. The monoisotopic (exact) mass is 147 g/mol. The van der Waals surface area contributed by atoms with E-state index in [1.54, 1.807) is 6.20 Å². The van der Waals surface area contributed by atoms with Crippen LogP contribution in [0.2, 0.25) is 0 Å². The Hall–Kier alpha value is -0.170. The fourth-order valence-electron chi connectivity index (χ4n) is 0.171. The number of alkyl halides is 1. The van der Waals surface area contributed by atoms with Crippen LogP contribution >= 0.6 is 23.8 Å². The van der Waals surface area contributed by atoms with E-state index < -0.39 is 0 Å². The Morgan fingerprint density at radius 1 is 2.00 bits per heavy atom. The molecule has 0 heterocycles. The molecule has 0 rings (SSSR count). The summed E-state index contributed by atoms with van der Waals surface area (Å²) in [6, 6.07) is 0. The highest BCUT2D eigenvalue weighted by Crippen LogP contribution is 1.93. The van der Waals surface area contributed by atoms with Crippen LogP contribution in [0.15, 0.2) is 16.8 Å². The summed E-state index contributed by atoms with van der Waals surface area (Å²) in [5.41, 5.74) is 0.990. The molecule has 0 amide bonds. The first-order valence-corrected chi connectivity index (χ1v) is 3.04. The summed E-state index contributed by atoms with van der Waals surface area (Å²) in [5, 5.41) is 2.21. The summed E-state index contributed by atoms with van der Waals surface area (Å²) in [5.74, 6) is 0.501. The molecule has 1 nitrogen and oxygen atoms in total. The molecule has 0 saturated heterocycles. The SMILES string of the molecule is C/C(=C\N=C=S)CCl. The molecule has 3 heteroatoms. The molecule has 44 valence electrons. The van der Waals surface area contributed by atoms with Crippen molar-refractivity contribution in [1.29, 1.82) is 0 Å². The Morgan fingerprint density at radius 2 is 2.62 bits per heavy atom. The number of hydrogen-bond donors (Lipinski definition) is 0. The number of allylic oxidation sites excluding steroid dienone is 1. The van der Waals surface area contributed by atoms with Gasteiger partial charge in [-0.3, -0.25) is 0 Å². The van der Waals surface area contributed by atoms with E-state index in [9.17, 15) is 0 Å².